The molecule has 0 spiro atoms. The van der Waals surface area contributed by atoms with Gasteiger partial charge < -0.3 is 15.4 Å². The van der Waals surface area contributed by atoms with Crippen LogP contribution in [0, 0.1) is 5.92 Å². The molecular weight excluding hydrogens is 216 g/mol. The Morgan fingerprint density at radius 1 is 1.47 bits per heavy atom. The molecule has 0 aromatic rings. The van der Waals surface area contributed by atoms with Crippen LogP contribution in [0.5, 0.6) is 0 Å². The Hall–Kier alpha value is -0.610. The highest BCUT2D eigenvalue weighted by molar-refractivity contribution is 5.81. The van der Waals surface area contributed by atoms with E-state index in [1.54, 1.807) is 7.11 Å². The first kappa shape index (κ1) is 14.5. The summed E-state index contributed by atoms with van der Waals surface area (Å²) in [6, 6.07) is -0.364. The van der Waals surface area contributed by atoms with E-state index in [0.29, 0.717) is 18.9 Å². The number of hydrogen-bond donors (Lipinski definition) is 1. The minimum Gasteiger partial charge on any atom is -0.385 e. The third-order valence-electron chi connectivity index (χ3n) is 3.56. The standard InChI is InChI=1S/C13H26N2O2/c1-15(10-11-6-3-4-7-11)13(16)12(14)8-5-9-17-2/h11-12H,3-10,14H2,1-2H3. The van der Waals surface area contributed by atoms with Crippen molar-refractivity contribution in [2.45, 2.75) is 44.6 Å². The zero-order valence-corrected chi connectivity index (χ0v) is 11.2. The normalized spacial score (nSPS) is 18.3. The van der Waals surface area contributed by atoms with E-state index in [9.17, 15) is 4.79 Å². The highest BCUT2D eigenvalue weighted by Crippen LogP contribution is 2.25. The fourth-order valence-electron chi connectivity index (χ4n) is 2.52. The van der Waals surface area contributed by atoms with Crippen LogP contribution in [0.4, 0.5) is 0 Å². The van der Waals surface area contributed by atoms with Gasteiger partial charge in [-0.3, -0.25) is 4.79 Å². The summed E-state index contributed by atoms with van der Waals surface area (Å²) in [5, 5.41) is 0. The first-order chi connectivity index (χ1) is 8.15. The SMILES string of the molecule is COCCCC(N)C(=O)N(C)CC1CCCC1. The molecule has 1 atom stereocenters. The van der Waals surface area contributed by atoms with Crippen LogP contribution in [0.15, 0.2) is 0 Å². The molecule has 0 aliphatic heterocycles. The van der Waals surface area contributed by atoms with Crippen LogP contribution in [0.1, 0.15) is 38.5 Å². The second kappa shape index (κ2) is 7.67. The molecule has 1 unspecified atom stereocenters. The molecule has 100 valence electrons. The smallest absolute Gasteiger partial charge is 0.239 e. The molecule has 0 saturated heterocycles. The zero-order valence-electron chi connectivity index (χ0n) is 11.2. The predicted molar refractivity (Wildman–Crippen MR) is 68.7 cm³/mol. The molecule has 2 N–H and O–H groups in total. The molecular formula is C13H26N2O2. The van der Waals surface area contributed by atoms with Crippen molar-refractivity contribution in [1.29, 1.82) is 0 Å². The number of carbonyl (C=O) groups is 1. The number of ether oxygens (including phenoxy) is 1. The molecule has 1 aliphatic carbocycles. The number of carbonyl (C=O) groups excluding carboxylic acids is 1. The first-order valence-electron chi connectivity index (χ1n) is 6.64. The second-order valence-corrected chi connectivity index (χ2v) is 5.11. The van der Waals surface area contributed by atoms with Gasteiger partial charge in [0.1, 0.15) is 0 Å². The molecule has 1 aliphatic rings. The molecule has 1 amide bonds. The number of hydrogen-bond acceptors (Lipinski definition) is 3. The van der Waals surface area contributed by atoms with E-state index in [1.165, 1.54) is 25.7 Å². The van der Waals surface area contributed by atoms with E-state index in [4.69, 9.17) is 10.5 Å². The lowest BCUT2D eigenvalue weighted by atomic mass is 10.1. The maximum Gasteiger partial charge on any atom is 0.239 e. The summed E-state index contributed by atoms with van der Waals surface area (Å²) >= 11 is 0. The third kappa shape index (κ3) is 5.04. The summed E-state index contributed by atoms with van der Waals surface area (Å²) in [6.07, 6.45) is 6.70. The molecule has 17 heavy (non-hydrogen) atoms. The maximum atomic E-state index is 12.0. The van der Waals surface area contributed by atoms with Crippen LogP contribution in [0.2, 0.25) is 0 Å². The zero-order chi connectivity index (χ0) is 12.7. The average molecular weight is 242 g/mol. The first-order valence-corrected chi connectivity index (χ1v) is 6.64. The van der Waals surface area contributed by atoms with Crippen molar-refractivity contribution in [3.63, 3.8) is 0 Å². The summed E-state index contributed by atoms with van der Waals surface area (Å²) in [7, 11) is 3.54. The molecule has 0 radical (unpaired) electrons. The predicted octanol–water partition coefficient (Wildman–Crippen LogP) is 1.39. The summed E-state index contributed by atoms with van der Waals surface area (Å²) in [5.41, 5.74) is 5.89. The minimum absolute atomic E-state index is 0.0769. The van der Waals surface area contributed by atoms with Crippen molar-refractivity contribution < 1.29 is 9.53 Å². The van der Waals surface area contributed by atoms with Gasteiger partial charge in [0, 0.05) is 27.3 Å². The highest BCUT2D eigenvalue weighted by Gasteiger charge is 2.22. The van der Waals surface area contributed by atoms with Crippen LogP contribution < -0.4 is 5.73 Å². The van der Waals surface area contributed by atoms with E-state index < -0.39 is 0 Å². The molecule has 1 fully saturated rings. The Kier molecular flexibility index (Phi) is 6.52. The number of methoxy groups -OCH3 is 1. The Labute approximate surface area is 104 Å². The monoisotopic (exact) mass is 242 g/mol. The van der Waals surface area contributed by atoms with Crippen LogP contribution in [-0.2, 0) is 9.53 Å². The lowest BCUT2D eigenvalue weighted by molar-refractivity contribution is -0.132. The molecule has 4 nitrogen and oxygen atoms in total. The Bertz CT molecular complexity index is 227. The topological polar surface area (TPSA) is 55.6 Å². The maximum absolute atomic E-state index is 12.0. The van der Waals surface area contributed by atoms with E-state index in [0.717, 1.165) is 13.0 Å². The minimum atomic E-state index is -0.364. The van der Waals surface area contributed by atoms with Crippen molar-refractivity contribution in [1.82, 2.24) is 4.90 Å². The molecule has 0 aromatic heterocycles. The number of rotatable bonds is 7. The molecule has 4 heteroatoms. The van der Waals surface area contributed by atoms with Gasteiger partial charge in [0.25, 0.3) is 0 Å². The lowest BCUT2D eigenvalue weighted by Crippen LogP contribution is -2.43. The van der Waals surface area contributed by atoms with Crippen molar-refractivity contribution in [3.8, 4) is 0 Å². The van der Waals surface area contributed by atoms with Gasteiger partial charge in [0.2, 0.25) is 5.91 Å². The van der Waals surface area contributed by atoms with Crippen molar-refractivity contribution in [2.75, 3.05) is 27.3 Å². The molecule has 1 rings (SSSR count). The fourth-order valence-corrected chi connectivity index (χ4v) is 2.52. The largest absolute Gasteiger partial charge is 0.385 e. The van der Waals surface area contributed by atoms with E-state index >= 15 is 0 Å². The fraction of sp³-hybridized carbons (Fsp3) is 0.923. The lowest BCUT2D eigenvalue weighted by Gasteiger charge is -2.24. The van der Waals surface area contributed by atoms with Gasteiger partial charge in [-0.2, -0.15) is 0 Å². The van der Waals surface area contributed by atoms with Crippen molar-refractivity contribution >= 4 is 5.91 Å². The molecule has 0 bridgehead atoms. The van der Waals surface area contributed by atoms with Gasteiger partial charge in [-0.05, 0) is 31.6 Å². The van der Waals surface area contributed by atoms with E-state index in [-0.39, 0.29) is 11.9 Å². The quantitative estimate of drug-likeness (QED) is 0.686. The second-order valence-electron chi connectivity index (χ2n) is 5.11. The number of nitrogens with two attached hydrogens (primary N) is 1. The van der Waals surface area contributed by atoms with Gasteiger partial charge >= 0.3 is 0 Å². The van der Waals surface area contributed by atoms with Crippen molar-refractivity contribution in [2.24, 2.45) is 11.7 Å². The highest BCUT2D eigenvalue weighted by atomic mass is 16.5. The Morgan fingerprint density at radius 3 is 2.71 bits per heavy atom. The van der Waals surface area contributed by atoms with Gasteiger partial charge in [-0.1, -0.05) is 12.8 Å². The summed E-state index contributed by atoms with van der Waals surface area (Å²) in [5.74, 6) is 0.767. The molecule has 1 saturated carbocycles. The number of amides is 1. The Morgan fingerprint density at radius 2 is 2.12 bits per heavy atom. The van der Waals surface area contributed by atoms with Gasteiger partial charge in [-0.15, -0.1) is 0 Å². The van der Waals surface area contributed by atoms with Crippen LogP contribution in [0.3, 0.4) is 0 Å². The van der Waals surface area contributed by atoms with Crippen molar-refractivity contribution in [3.05, 3.63) is 0 Å². The van der Waals surface area contributed by atoms with E-state index in [2.05, 4.69) is 0 Å². The van der Waals surface area contributed by atoms with Gasteiger partial charge in [-0.25, -0.2) is 0 Å². The van der Waals surface area contributed by atoms with E-state index in [1.807, 2.05) is 11.9 Å². The number of likely N-dealkylation sites (N-methyl/N-ethyl adjacent to an activating group) is 1. The van der Waals surface area contributed by atoms with Crippen LogP contribution in [-0.4, -0.2) is 44.2 Å². The number of nitrogens with zero attached hydrogens (tertiary/aromatic N) is 1. The summed E-state index contributed by atoms with van der Waals surface area (Å²) < 4.78 is 4.96. The van der Waals surface area contributed by atoms with Crippen LogP contribution >= 0.6 is 0 Å². The van der Waals surface area contributed by atoms with Gasteiger partial charge in [0.15, 0.2) is 0 Å². The van der Waals surface area contributed by atoms with Crippen LogP contribution in [0.25, 0.3) is 0 Å². The summed E-state index contributed by atoms with van der Waals surface area (Å²) in [6.45, 7) is 1.55. The third-order valence-corrected chi connectivity index (χ3v) is 3.56. The Balaban J connectivity index is 2.24. The van der Waals surface area contributed by atoms with Gasteiger partial charge in [0.05, 0.1) is 6.04 Å². The average Bonchev–Trinajstić information content (AvgIpc) is 2.81. The molecule has 0 heterocycles. The molecule has 0 aromatic carbocycles. The summed E-state index contributed by atoms with van der Waals surface area (Å²) in [4.78, 5) is 13.8.